The van der Waals surface area contributed by atoms with E-state index < -0.39 is 0 Å². The van der Waals surface area contributed by atoms with Crippen molar-refractivity contribution in [3.05, 3.63) is 29.3 Å². The summed E-state index contributed by atoms with van der Waals surface area (Å²) >= 11 is 0. The van der Waals surface area contributed by atoms with Gasteiger partial charge in [-0.05, 0) is 31.4 Å². The molecule has 3 nitrogen and oxygen atoms in total. The lowest BCUT2D eigenvalue weighted by atomic mass is 10.0. The fourth-order valence-electron chi connectivity index (χ4n) is 2.38. The molecule has 0 saturated carbocycles. The zero-order valence-electron chi connectivity index (χ0n) is 9.61. The molecule has 1 aromatic carbocycles. The van der Waals surface area contributed by atoms with Gasteiger partial charge in [0.2, 0.25) is 0 Å². The molecule has 1 atom stereocenters. The van der Waals surface area contributed by atoms with Crippen LogP contribution in [0.5, 0.6) is 0 Å². The van der Waals surface area contributed by atoms with E-state index in [4.69, 9.17) is 11.0 Å². The highest BCUT2D eigenvalue weighted by molar-refractivity contribution is 5.64. The number of piperidine rings is 1. The third-order valence-electron chi connectivity index (χ3n) is 3.13. The number of anilines is 1. The fraction of sp³-hybridized carbons (Fsp3) is 0.462. The molecule has 0 spiro atoms. The van der Waals surface area contributed by atoms with Crippen LogP contribution in [0.15, 0.2) is 18.2 Å². The Labute approximate surface area is 96.5 Å². The quantitative estimate of drug-likeness (QED) is 0.777. The van der Waals surface area contributed by atoms with Gasteiger partial charge in [-0.1, -0.05) is 12.1 Å². The van der Waals surface area contributed by atoms with Crippen molar-refractivity contribution in [1.82, 2.24) is 0 Å². The lowest BCUT2D eigenvalue weighted by Crippen LogP contribution is -2.43. The number of nitrogens with two attached hydrogens (primary N) is 1. The number of aryl methyl sites for hydroxylation is 1. The first-order chi connectivity index (χ1) is 7.72. The summed E-state index contributed by atoms with van der Waals surface area (Å²) < 4.78 is 0. The molecule has 0 radical (unpaired) electrons. The Balaban J connectivity index is 2.35. The smallest absolute Gasteiger partial charge is 0.101 e. The zero-order chi connectivity index (χ0) is 11.5. The standard InChI is InChI=1S/C13H17N3/c1-10-4-2-5-11(8-14)13(10)16-7-3-6-12(15)9-16/h2,4-5,12H,3,6-7,9,15H2,1H3. The van der Waals surface area contributed by atoms with Gasteiger partial charge in [-0.25, -0.2) is 0 Å². The second kappa shape index (κ2) is 4.54. The molecule has 1 saturated heterocycles. The van der Waals surface area contributed by atoms with Crippen molar-refractivity contribution in [2.45, 2.75) is 25.8 Å². The first kappa shape index (κ1) is 11.0. The summed E-state index contributed by atoms with van der Waals surface area (Å²) in [5, 5.41) is 9.13. The largest absolute Gasteiger partial charge is 0.369 e. The van der Waals surface area contributed by atoms with E-state index in [0.29, 0.717) is 0 Å². The molecular weight excluding hydrogens is 198 g/mol. The first-order valence-corrected chi connectivity index (χ1v) is 5.72. The van der Waals surface area contributed by atoms with Gasteiger partial charge in [0.05, 0.1) is 11.3 Å². The van der Waals surface area contributed by atoms with Crippen LogP contribution in [-0.2, 0) is 0 Å². The molecule has 1 fully saturated rings. The second-order valence-electron chi connectivity index (χ2n) is 4.43. The van der Waals surface area contributed by atoms with Crippen molar-refractivity contribution in [3.63, 3.8) is 0 Å². The van der Waals surface area contributed by atoms with E-state index in [0.717, 1.165) is 42.7 Å². The Hall–Kier alpha value is -1.53. The summed E-state index contributed by atoms with van der Waals surface area (Å²) in [6.07, 6.45) is 2.20. The second-order valence-corrected chi connectivity index (χ2v) is 4.43. The summed E-state index contributed by atoms with van der Waals surface area (Å²) in [5.41, 5.74) is 8.97. The predicted molar refractivity (Wildman–Crippen MR) is 65.3 cm³/mol. The molecule has 2 rings (SSSR count). The lowest BCUT2D eigenvalue weighted by Gasteiger charge is -2.34. The number of nitrogens with zero attached hydrogens (tertiary/aromatic N) is 2. The van der Waals surface area contributed by atoms with Crippen LogP contribution in [-0.4, -0.2) is 19.1 Å². The maximum absolute atomic E-state index is 9.13. The maximum Gasteiger partial charge on any atom is 0.101 e. The van der Waals surface area contributed by atoms with E-state index in [1.807, 2.05) is 12.1 Å². The predicted octanol–water partition coefficient (Wildman–Crippen LogP) is 1.79. The Kier molecular flexibility index (Phi) is 3.12. The number of hydrogen-bond acceptors (Lipinski definition) is 3. The van der Waals surface area contributed by atoms with E-state index >= 15 is 0 Å². The highest BCUT2D eigenvalue weighted by Crippen LogP contribution is 2.27. The molecule has 1 heterocycles. The molecule has 2 N–H and O–H groups in total. The van der Waals surface area contributed by atoms with Gasteiger partial charge in [-0.15, -0.1) is 0 Å². The molecule has 84 valence electrons. The molecule has 1 aromatic rings. The van der Waals surface area contributed by atoms with Gasteiger partial charge in [0, 0.05) is 19.1 Å². The van der Waals surface area contributed by atoms with Gasteiger partial charge in [0.1, 0.15) is 6.07 Å². The molecule has 0 amide bonds. The summed E-state index contributed by atoms with van der Waals surface area (Å²) in [5.74, 6) is 0. The zero-order valence-corrected chi connectivity index (χ0v) is 9.61. The third kappa shape index (κ3) is 2.02. The molecule has 0 bridgehead atoms. The number of nitriles is 1. The van der Waals surface area contributed by atoms with E-state index in [9.17, 15) is 0 Å². The van der Waals surface area contributed by atoms with Crippen LogP contribution in [0.25, 0.3) is 0 Å². The maximum atomic E-state index is 9.13. The Morgan fingerprint density at radius 1 is 1.50 bits per heavy atom. The molecular formula is C13H17N3. The molecule has 1 unspecified atom stereocenters. The Morgan fingerprint density at radius 2 is 2.31 bits per heavy atom. The summed E-state index contributed by atoms with van der Waals surface area (Å²) in [7, 11) is 0. The highest BCUT2D eigenvalue weighted by atomic mass is 15.2. The molecule has 1 aliphatic rings. The molecule has 16 heavy (non-hydrogen) atoms. The number of rotatable bonds is 1. The summed E-state index contributed by atoms with van der Waals surface area (Å²) in [6, 6.07) is 8.36. The van der Waals surface area contributed by atoms with Crippen molar-refractivity contribution in [2.75, 3.05) is 18.0 Å². The van der Waals surface area contributed by atoms with Gasteiger partial charge >= 0.3 is 0 Å². The minimum Gasteiger partial charge on any atom is -0.369 e. The van der Waals surface area contributed by atoms with Gasteiger partial charge < -0.3 is 10.6 Å². The van der Waals surface area contributed by atoms with Crippen LogP contribution in [0.2, 0.25) is 0 Å². The van der Waals surface area contributed by atoms with Gasteiger partial charge in [0.15, 0.2) is 0 Å². The monoisotopic (exact) mass is 215 g/mol. The van der Waals surface area contributed by atoms with Crippen LogP contribution in [0, 0.1) is 18.3 Å². The molecule has 1 aliphatic heterocycles. The Morgan fingerprint density at radius 3 is 3.00 bits per heavy atom. The van der Waals surface area contributed by atoms with Crippen molar-refractivity contribution in [3.8, 4) is 6.07 Å². The van der Waals surface area contributed by atoms with Crippen LogP contribution < -0.4 is 10.6 Å². The van der Waals surface area contributed by atoms with Gasteiger partial charge in [-0.3, -0.25) is 0 Å². The number of hydrogen-bond donors (Lipinski definition) is 1. The summed E-state index contributed by atoms with van der Waals surface area (Å²) in [6.45, 7) is 3.92. The van der Waals surface area contributed by atoms with Crippen molar-refractivity contribution >= 4 is 5.69 Å². The fourth-order valence-corrected chi connectivity index (χ4v) is 2.38. The van der Waals surface area contributed by atoms with E-state index in [2.05, 4.69) is 24.0 Å². The van der Waals surface area contributed by atoms with Crippen LogP contribution >= 0.6 is 0 Å². The Bertz CT molecular complexity index is 420. The molecule has 3 heteroatoms. The first-order valence-electron chi connectivity index (χ1n) is 5.72. The summed E-state index contributed by atoms with van der Waals surface area (Å²) in [4.78, 5) is 2.25. The van der Waals surface area contributed by atoms with Crippen molar-refractivity contribution in [2.24, 2.45) is 5.73 Å². The van der Waals surface area contributed by atoms with Crippen LogP contribution in [0.3, 0.4) is 0 Å². The average Bonchev–Trinajstić information content (AvgIpc) is 2.28. The molecule has 0 aromatic heterocycles. The average molecular weight is 215 g/mol. The van der Waals surface area contributed by atoms with Crippen molar-refractivity contribution in [1.29, 1.82) is 5.26 Å². The SMILES string of the molecule is Cc1cccc(C#N)c1N1CCCC(N)C1. The highest BCUT2D eigenvalue weighted by Gasteiger charge is 2.20. The third-order valence-corrected chi connectivity index (χ3v) is 3.13. The lowest BCUT2D eigenvalue weighted by molar-refractivity contribution is 0.505. The van der Waals surface area contributed by atoms with Crippen LogP contribution in [0.1, 0.15) is 24.0 Å². The number of para-hydroxylation sites is 1. The normalized spacial score (nSPS) is 20.6. The minimum absolute atomic E-state index is 0.236. The van der Waals surface area contributed by atoms with E-state index in [-0.39, 0.29) is 6.04 Å². The van der Waals surface area contributed by atoms with E-state index in [1.54, 1.807) is 0 Å². The van der Waals surface area contributed by atoms with Crippen LogP contribution in [0.4, 0.5) is 5.69 Å². The minimum atomic E-state index is 0.236. The van der Waals surface area contributed by atoms with Gasteiger partial charge in [0.25, 0.3) is 0 Å². The topological polar surface area (TPSA) is 53.0 Å². The molecule has 0 aliphatic carbocycles. The van der Waals surface area contributed by atoms with Gasteiger partial charge in [-0.2, -0.15) is 5.26 Å². The number of benzene rings is 1. The van der Waals surface area contributed by atoms with Crippen molar-refractivity contribution < 1.29 is 0 Å². The van der Waals surface area contributed by atoms with E-state index in [1.165, 1.54) is 0 Å².